The fourth-order valence-corrected chi connectivity index (χ4v) is 5.58. The molecule has 1 N–H and O–H groups in total. The second kappa shape index (κ2) is 11.8. The fraction of sp³-hybridized carbons (Fsp3) is 0.241. The van der Waals surface area contributed by atoms with Gasteiger partial charge < -0.3 is 19.5 Å². The number of carbonyl (C=O) groups is 2. The Balaban J connectivity index is 1.97. The zero-order chi connectivity index (χ0) is 28.4. The molecule has 0 bridgehead atoms. The SMILES string of the molecule is CCN(CC)c1ccc(C2/C(=C(\O)c3cc(Cl)c(OC)c(Cl)c3OC)C(=O)C(=O)N2c2ccc(Cl)cc2)cc1. The van der Waals surface area contributed by atoms with E-state index in [2.05, 4.69) is 18.7 Å². The summed E-state index contributed by atoms with van der Waals surface area (Å²) in [4.78, 5) is 30.5. The van der Waals surface area contributed by atoms with Crippen molar-refractivity contribution < 1.29 is 24.2 Å². The molecule has 0 saturated carbocycles. The summed E-state index contributed by atoms with van der Waals surface area (Å²) < 4.78 is 10.7. The maximum Gasteiger partial charge on any atom is 0.300 e. The summed E-state index contributed by atoms with van der Waals surface area (Å²) in [6.45, 7) is 5.76. The third kappa shape index (κ3) is 5.14. The minimum Gasteiger partial charge on any atom is -0.507 e. The summed E-state index contributed by atoms with van der Waals surface area (Å²) in [6, 6.07) is 14.5. The van der Waals surface area contributed by atoms with Gasteiger partial charge in [-0.1, -0.05) is 46.9 Å². The molecule has 1 saturated heterocycles. The maximum atomic E-state index is 13.5. The number of aliphatic hydroxyl groups is 1. The first-order valence-electron chi connectivity index (χ1n) is 12.2. The Kier molecular flexibility index (Phi) is 8.64. The first-order valence-corrected chi connectivity index (χ1v) is 13.3. The number of carbonyl (C=O) groups excluding carboxylic acids is 2. The Bertz CT molecular complexity index is 1430. The normalized spacial score (nSPS) is 16.5. The van der Waals surface area contributed by atoms with Crippen LogP contribution in [-0.2, 0) is 9.59 Å². The van der Waals surface area contributed by atoms with Gasteiger partial charge in [-0.15, -0.1) is 0 Å². The summed E-state index contributed by atoms with van der Waals surface area (Å²) in [6.07, 6.45) is 0. The van der Waals surface area contributed by atoms with Gasteiger partial charge in [-0.05, 0) is 61.9 Å². The molecule has 0 radical (unpaired) electrons. The first-order chi connectivity index (χ1) is 18.7. The van der Waals surface area contributed by atoms with E-state index in [1.165, 1.54) is 25.2 Å². The fourth-order valence-electron chi connectivity index (χ4n) is 4.76. The lowest BCUT2D eigenvalue weighted by atomic mass is 9.94. The summed E-state index contributed by atoms with van der Waals surface area (Å²) in [7, 11) is 2.76. The van der Waals surface area contributed by atoms with E-state index in [-0.39, 0.29) is 32.7 Å². The van der Waals surface area contributed by atoms with Gasteiger partial charge in [-0.2, -0.15) is 0 Å². The molecule has 0 aromatic heterocycles. The Hall–Kier alpha value is -3.39. The molecule has 1 heterocycles. The minimum atomic E-state index is -0.957. The highest BCUT2D eigenvalue weighted by Crippen LogP contribution is 2.48. The number of ether oxygens (including phenoxy) is 2. The molecule has 39 heavy (non-hydrogen) atoms. The highest BCUT2D eigenvalue weighted by molar-refractivity contribution is 6.52. The van der Waals surface area contributed by atoms with E-state index in [0.717, 1.165) is 18.8 Å². The van der Waals surface area contributed by atoms with Gasteiger partial charge in [-0.25, -0.2) is 0 Å². The highest BCUT2D eigenvalue weighted by atomic mass is 35.5. The molecule has 1 atom stereocenters. The average Bonchev–Trinajstić information content (AvgIpc) is 3.20. The number of Topliss-reactive ketones (excluding diaryl/α,β-unsaturated/α-hetero) is 1. The van der Waals surface area contributed by atoms with E-state index in [0.29, 0.717) is 16.3 Å². The highest BCUT2D eigenvalue weighted by Gasteiger charge is 2.47. The number of ketones is 1. The van der Waals surface area contributed by atoms with Crippen LogP contribution in [0.25, 0.3) is 5.76 Å². The van der Waals surface area contributed by atoms with Gasteiger partial charge in [-0.3, -0.25) is 14.5 Å². The Morgan fingerprint density at radius 2 is 1.51 bits per heavy atom. The molecular formula is C29H27Cl3N2O5. The van der Waals surface area contributed by atoms with Gasteiger partial charge in [0.25, 0.3) is 11.7 Å². The second-order valence-electron chi connectivity index (χ2n) is 8.70. The third-order valence-corrected chi connectivity index (χ3v) is 7.56. The van der Waals surface area contributed by atoms with Crippen molar-refractivity contribution in [2.75, 3.05) is 37.1 Å². The zero-order valence-electron chi connectivity index (χ0n) is 21.8. The van der Waals surface area contributed by atoms with Crippen LogP contribution >= 0.6 is 34.8 Å². The van der Waals surface area contributed by atoms with Gasteiger partial charge >= 0.3 is 0 Å². The van der Waals surface area contributed by atoms with Crippen molar-refractivity contribution in [1.82, 2.24) is 0 Å². The summed E-state index contributed by atoms with van der Waals surface area (Å²) >= 11 is 18.9. The summed E-state index contributed by atoms with van der Waals surface area (Å²) in [5.74, 6) is -1.96. The van der Waals surface area contributed by atoms with Crippen LogP contribution in [0.1, 0.15) is 31.0 Å². The van der Waals surface area contributed by atoms with E-state index >= 15 is 0 Å². The lowest BCUT2D eigenvalue weighted by Gasteiger charge is -2.27. The number of rotatable bonds is 8. The van der Waals surface area contributed by atoms with Crippen LogP contribution in [0.15, 0.2) is 60.2 Å². The number of methoxy groups -OCH3 is 2. The van der Waals surface area contributed by atoms with E-state index in [1.807, 2.05) is 24.3 Å². The second-order valence-corrected chi connectivity index (χ2v) is 9.92. The molecule has 3 aromatic rings. The minimum absolute atomic E-state index is 0.0149. The van der Waals surface area contributed by atoms with Crippen LogP contribution in [0.2, 0.25) is 15.1 Å². The number of anilines is 2. The lowest BCUT2D eigenvalue weighted by Crippen LogP contribution is -2.29. The van der Waals surface area contributed by atoms with E-state index < -0.39 is 23.5 Å². The summed E-state index contributed by atoms with van der Waals surface area (Å²) in [5, 5.41) is 12.2. The van der Waals surface area contributed by atoms with Gasteiger partial charge in [0.1, 0.15) is 10.8 Å². The van der Waals surface area contributed by atoms with Crippen molar-refractivity contribution in [2.24, 2.45) is 0 Å². The number of hydrogen-bond donors (Lipinski definition) is 1. The predicted octanol–water partition coefficient (Wildman–Crippen LogP) is 7.14. The third-order valence-electron chi connectivity index (χ3n) is 6.68. The lowest BCUT2D eigenvalue weighted by molar-refractivity contribution is -0.132. The maximum absolute atomic E-state index is 13.5. The molecule has 4 rings (SSSR count). The van der Waals surface area contributed by atoms with Gasteiger partial charge in [0, 0.05) is 29.5 Å². The number of hydrogen-bond acceptors (Lipinski definition) is 6. The Morgan fingerprint density at radius 1 is 0.923 bits per heavy atom. The molecule has 1 unspecified atom stereocenters. The number of aliphatic hydroxyl groups excluding tert-OH is 1. The van der Waals surface area contributed by atoms with Crippen LogP contribution in [0.3, 0.4) is 0 Å². The van der Waals surface area contributed by atoms with Gasteiger partial charge in [0.05, 0.1) is 36.4 Å². The van der Waals surface area contributed by atoms with Crippen molar-refractivity contribution in [2.45, 2.75) is 19.9 Å². The molecule has 0 aliphatic carbocycles. The molecular weight excluding hydrogens is 563 g/mol. The molecule has 1 aliphatic rings. The molecule has 10 heteroatoms. The number of amides is 1. The monoisotopic (exact) mass is 588 g/mol. The van der Waals surface area contributed by atoms with E-state index in [1.54, 1.807) is 24.3 Å². The number of benzene rings is 3. The van der Waals surface area contributed by atoms with Crippen molar-refractivity contribution in [3.05, 3.63) is 86.4 Å². The van der Waals surface area contributed by atoms with Crippen LogP contribution in [0.4, 0.5) is 11.4 Å². The molecule has 1 fully saturated rings. The van der Waals surface area contributed by atoms with Crippen LogP contribution in [0, 0.1) is 0 Å². The molecule has 0 spiro atoms. The van der Waals surface area contributed by atoms with Crippen molar-refractivity contribution in [3.8, 4) is 11.5 Å². The Labute approximate surface area is 242 Å². The van der Waals surface area contributed by atoms with E-state index in [9.17, 15) is 14.7 Å². The quantitative estimate of drug-likeness (QED) is 0.171. The van der Waals surface area contributed by atoms with Gasteiger partial charge in [0.2, 0.25) is 0 Å². The molecule has 204 valence electrons. The van der Waals surface area contributed by atoms with E-state index in [4.69, 9.17) is 44.3 Å². The number of nitrogens with zero attached hydrogens (tertiary/aromatic N) is 2. The van der Waals surface area contributed by atoms with Crippen LogP contribution < -0.4 is 19.3 Å². The molecule has 1 amide bonds. The van der Waals surface area contributed by atoms with Crippen LogP contribution in [0.5, 0.6) is 11.5 Å². The van der Waals surface area contributed by atoms with Crippen LogP contribution in [-0.4, -0.2) is 44.1 Å². The zero-order valence-corrected chi connectivity index (χ0v) is 24.1. The Morgan fingerprint density at radius 3 is 2.05 bits per heavy atom. The number of halogens is 3. The van der Waals surface area contributed by atoms with Gasteiger partial charge in [0.15, 0.2) is 11.5 Å². The first kappa shape index (κ1) is 28.6. The van der Waals surface area contributed by atoms with Crippen molar-refractivity contribution in [3.63, 3.8) is 0 Å². The standard InChI is InChI=1S/C29H27Cl3N2O5/c1-5-33(6-2)18-11-7-16(8-12-18)24-22(26(36)29(37)34(24)19-13-9-17(30)10-14-19)25(35)20-15-21(31)28(39-4)23(32)27(20)38-3/h7-15,24,35H,5-6H2,1-4H3/b25-22+. The topological polar surface area (TPSA) is 79.3 Å². The molecule has 3 aromatic carbocycles. The molecule has 1 aliphatic heterocycles. The summed E-state index contributed by atoms with van der Waals surface area (Å²) in [5.41, 5.74) is 1.96. The largest absolute Gasteiger partial charge is 0.507 e. The molecule has 7 nitrogen and oxygen atoms in total. The predicted molar refractivity (Wildman–Crippen MR) is 156 cm³/mol. The average molecular weight is 590 g/mol. The van der Waals surface area contributed by atoms with Crippen molar-refractivity contribution in [1.29, 1.82) is 0 Å². The smallest absolute Gasteiger partial charge is 0.300 e. The van der Waals surface area contributed by atoms with Crippen molar-refractivity contribution >= 4 is 63.6 Å².